The van der Waals surface area contributed by atoms with Crippen molar-refractivity contribution in [2.24, 2.45) is 0 Å². The molecule has 3 N–H and O–H groups in total. The summed E-state index contributed by atoms with van der Waals surface area (Å²) in [6, 6.07) is 15.9. The van der Waals surface area contributed by atoms with Gasteiger partial charge in [-0.1, -0.05) is 30.3 Å². The second-order valence-electron chi connectivity index (χ2n) is 5.26. The fourth-order valence-corrected chi connectivity index (χ4v) is 2.80. The summed E-state index contributed by atoms with van der Waals surface area (Å²) in [4.78, 5) is 12.6. The van der Waals surface area contributed by atoms with E-state index in [1.54, 1.807) is 30.0 Å². The highest BCUT2D eigenvalue weighted by Gasteiger charge is 2.06. The summed E-state index contributed by atoms with van der Waals surface area (Å²) in [6.45, 7) is 0.390. The molecule has 0 bridgehead atoms. The molecule has 0 aliphatic carbocycles. The van der Waals surface area contributed by atoms with Gasteiger partial charge in [-0.3, -0.25) is 0 Å². The van der Waals surface area contributed by atoms with Gasteiger partial charge >= 0.3 is 0 Å². The Labute approximate surface area is 155 Å². The molecular formula is C18H18FN5OS. The maximum absolute atomic E-state index is 13.5. The number of hydrogen-bond donors (Lipinski definition) is 2. The van der Waals surface area contributed by atoms with Crippen LogP contribution in [0.3, 0.4) is 0 Å². The van der Waals surface area contributed by atoms with Crippen LogP contribution in [0.2, 0.25) is 0 Å². The number of ether oxygens (including phenoxy) is 1. The molecule has 1 heterocycles. The van der Waals surface area contributed by atoms with Crippen molar-refractivity contribution in [3.63, 3.8) is 0 Å². The molecule has 134 valence electrons. The average Bonchev–Trinajstić information content (AvgIpc) is 2.63. The first-order valence-corrected chi connectivity index (χ1v) is 9.14. The van der Waals surface area contributed by atoms with Crippen molar-refractivity contribution in [3.05, 3.63) is 66.2 Å². The quantitative estimate of drug-likeness (QED) is 0.585. The first kappa shape index (κ1) is 17.9. The summed E-state index contributed by atoms with van der Waals surface area (Å²) in [6.07, 6.45) is 0. The zero-order valence-electron chi connectivity index (χ0n) is 13.9. The zero-order chi connectivity index (χ0) is 18.2. The van der Waals surface area contributed by atoms with Crippen molar-refractivity contribution >= 4 is 29.3 Å². The van der Waals surface area contributed by atoms with Crippen molar-refractivity contribution < 1.29 is 9.13 Å². The van der Waals surface area contributed by atoms with Crippen LogP contribution in [0, 0.1) is 5.82 Å². The van der Waals surface area contributed by atoms with E-state index in [4.69, 9.17) is 10.5 Å². The average molecular weight is 371 g/mol. The predicted molar refractivity (Wildman–Crippen MR) is 102 cm³/mol. The van der Waals surface area contributed by atoms with E-state index in [-0.39, 0.29) is 17.5 Å². The Morgan fingerprint density at radius 3 is 2.58 bits per heavy atom. The molecule has 0 fully saturated rings. The van der Waals surface area contributed by atoms with Crippen LogP contribution in [0.4, 0.5) is 22.0 Å². The van der Waals surface area contributed by atoms with Crippen molar-refractivity contribution in [1.82, 2.24) is 15.0 Å². The lowest BCUT2D eigenvalue weighted by Gasteiger charge is -2.08. The van der Waals surface area contributed by atoms with E-state index in [0.717, 1.165) is 5.69 Å². The van der Waals surface area contributed by atoms with Crippen LogP contribution in [-0.2, 0) is 5.75 Å². The van der Waals surface area contributed by atoms with Crippen molar-refractivity contribution in [2.45, 2.75) is 5.75 Å². The Kier molecular flexibility index (Phi) is 6.21. The number of anilines is 3. The smallest absolute Gasteiger partial charge is 0.232 e. The molecule has 0 spiro atoms. The van der Waals surface area contributed by atoms with Gasteiger partial charge in [0.25, 0.3) is 0 Å². The van der Waals surface area contributed by atoms with E-state index >= 15 is 0 Å². The molecule has 2 aromatic carbocycles. The fraction of sp³-hybridized carbons (Fsp3) is 0.167. The van der Waals surface area contributed by atoms with Gasteiger partial charge in [-0.25, -0.2) is 4.39 Å². The van der Waals surface area contributed by atoms with Gasteiger partial charge < -0.3 is 15.8 Å². The van der Waals surface area contributed by atoms with Crippen LogP contribution < -0.4 is 15.8 Å². The molecule has 8 heteroatoms. The Morgan fingerprint density at radius 1 is 1.00 bits per heavy atom. The molecular weight excluding hydrogens is 353 g/mol. The van der Waals surface area contributed by atoms with E-state index in [1.807, 2.05) is 30.3 Å². The summed E-state index contributed by atoms with van der Waals surface area (Å²) in [7, 11) is 0. The van der Waals surface area contributed by atoms with E-state index < -0.39 is 0 Å². The molecule has 0 amide bonds. The van der Waals surface area contributed by atoms with Gasteiger partial charge in [0.15, 0.2) is 11.6 Å². The fourth-order valence-electron chi connectivity index (χ4n) is 2.14. The molecule has 0 aliphatic heterocycles. The van der Waals surface area contributed by atoms with Crippen LogP contribution in [0.5, 0.6) is 5.75 Å². The van der Waals surface area contributed by atoms with Gasteiger partial charge in [0.05, 0.1) is 12.4 Å². The molecule has 0 unspecified atom stereocenters. The third-order valence-electron chi connectivity index (χ3n) is 3.28. The highest BCUT2D eigenvalue weighted by Crippen LogP contribution is 2.17. The highest BCUT2D eigenvalue weighted by molar-refractivity contribution is 7.98. The summed E-state index contributed by atoms with van der Waals surface area (Å²) in [5.74, 6) is 2.26. The lowest BCUT2D eigenvalue weighted by atomic mass is 10.3. The van der Waals surface area contributed by atoms with E-state index in [9.17, 15) is 4.39 Å². The molecule has 0 saturated heterocycles. The van der Waals surface area contributed by atoms with E-state index in [0.29, 0.717) is 29.9 Å². The number of nitrogens with zero attached hydrogens (tertiary/aromatic N) is 3. The van der Waals surface area contributed by atoms with Crippen LogP contribution in [0.15, 0.2) is 54.6 Å². The molecule has 0 atom stereocenters. The number of nitrogen functional groups attached to an aromatic ring is 1. The molecule has 0 saturated carbocycles. The number of benzene rings is 2. The number of halogens is 1. The SMILES string of the molecule is Nc1nc(CSCCOc2ccccc2F)nc(Nc2ccccc2)n1. The largest absolute Gasteiger partial charge is 0.490 e. The monoisotopic (exact) mass is 371 g/mol. The van der Waals surface area contributed by atoms with Crippen LogP contribution >= 0.6 is 11.8 Å². The van der Waals surface area contributed by atoms with Gasteiger partial charge in [0, 0.05) is 11.4 Å². The van der Waals surface area contributed by atoms with Gasteiger partial charge in [-0.2, -0.15) is 26.7 Å². The van der Waals surface area contributed by atoms with Gasteiger partial charge in [-0.05, 0) is 24.3 Å². The maximum atomic E-state index is 13.5. The Hall–Kier alpha value is -2.87. The Morgan fingerprint density at radius 2 is 1.77 bits per heavy atom. The summed E-state index contributed by atoms with van der Waals surface area (Å²) in [5.41, 5.74) is 6.63. The summed E-state index contributed by atoms with van der Waals surface area (Å²) in [5, 5.41) is 3.10. The minimum absolute atomic E-state index is 0.164. The normalized spacial score (nSPS) is 10.5. The van der Waals surface area contributed by atoms with Gasteiger partial charge in [0.2, 0.25) is 11.9 Å². The Balaban J connectivity index is 1.49. The second-order valence-corrected chi connectivity index (χ2v) is 6.36. The molecule has 3 rings (SSSR count). The predicted octanol–water partition coefficient (Wildman–Crippen LogP) is 3.65. The van der Waals surface area contributed by atoms with E-state index in [2.05, 4.69) is 20.3 Å². The molecule has 1 aromatic heterocycles. The third-order valence-corrected chi connectivity index (χ3v) is 4.20. The van der Waals surface area contributed by atoms with Gasteiger partial charge in [0.1, 0.15) is 5.82 Å². The molecule has 3 aromatic rings. The van der Waals surface area contributed by atoms with Crippen molar-refractivity contribution in [1.29, 1.82) is 0 Å². The number of hydrogen-bond acceptors (Lipinski definition) is 7. The number of rotatable bonds is 8. The highest BCUT2D eigenvalue weighted by atomic mass is 32.2. The minimum Gasteiger partial charge on any atom is -0.490 e. The minimum atomic E-state index is -0.362. The number of para-hydroxylation sites is 2. The van der Waals surface area contributed by atoms with E-state index in [1.165, 1.54) is 6.07 Å². The number of nitrogens with two attached hydrogens (primary N) is 1. The van der Waals surface area contributed by atoms with Crippen LogP contribution in [0.1, 0.15) is 5.82 Å². The Bertz CT molecular complexity index is 850. The summed E-state index contributed by atoms with van der Waals surface area (Å²) < 4.78 is 18.9. The topological polar surface area (TPSA) is 86.0 Å². The maximum Gasteiger partial charge on any atom is 0.232 e. The molecule has 26 heavy (non-hydrogen) atoms. The zero-order valence-corrected chi connectivity index (χ0v) is 14.7. The third kappa shape index (κ3) is 5.32. The van der Waals surface area contributed by atoms with Crippen LogP contribution in [0.25, 0.3) is 0 Å². The number of aromatic nitrogens is 3. The van der Waals surface area contributed by atoms with Gasteiger partial charge in [-0.15, -0.1) is 0 Å². The summed E-state index contributed by atoms with van der Waals surface area (Å²) >= 11 is 1.57. The lowest BCUT2D eigenvalue weighted by molar-refractivity contribution is 0.325. The van der Waals surface area contributed by atoms with Crippen molar-refractivity contribution in [3.8, 4) is 5.75 Å². The first-order valence-electron chi connectivity index (χ1n) is 7.98. The molecule has 6 nitrogen and oxygen atoms in total. The lowest BCUT2D eigenvalue weighted by Crippen LogP contribution is -2.07. The second kappa shape index (κ2) is 9.00. The number of nitrogens with one attached hydrogen (secondary N) is 1. The standard InChI is InChI=1S/C18H18FN5OS/c19-14-8-4-5-9-15(14)25-10-11-26-12-16-22-17(20)24-18(23-16)21-13-6-2-1-3-7-13/h1-9H,10-12H2,(H3,20,21,22,23,24). The van der Waals surface area contributed by atoms with Crippen molar-refractivity contribution in [2.75, 3.05) is 23.4 Å². The molecule has 0 aliphatic rings. The van der Waals surface area contributed by atoms with Crippen LogP contribution in [-0.4, -0.2) is 27.3 Å². The molecule has 0 radical (unpaired) electrons. The number of thioether (sulfide) groups is 1. The first-order chi connectivity index (χ1) is 12.7.